The summed E-state index contributed by atoms with van der Waals surface area (Å²) in [6, 6.07) is 26.4. The number of amides is 1. The van der Waals surface area contributed by atoms with Gasteiger partial charge in [-0.2, -0.15) is 0 Å². The maximum absolute atomic E-state index is 13.7. The molecule has 166 valence electrons. The number of fused-ring (bicyclic) bond motifs is 1. The Morgan fingerprint density at radius 2 is 1.70 bits per heavy atom. The molecule has 1 aliphatic rings. The van der Waals surface area contributed by atoms with Gasteiger partial charge in [0.25, 0.3) is 5.91 Å². The van der Waals surface area contributed by atoms with Crippen LogP contribution in [0, 0.1) is 12.8 Å². The molecule has 2 heterocycles. The van der Waals surface area contributed by atoms with Crippen molar-refractivity contribution in [3.05, 3.63) is 101 Å². The highest BCUT2D eigenvalue weighted by Gasteiger charge is 2.26. The third kappa shape index (κ3) is 4.51. The normalized spacial score (nSPS) is 14.5. The standard InChI is InChI=1S/C29H27ClN2O/c1-20-8-5-6-11-23(20)27-19-25(24-12-7-13-26(30)28(24)31-27)29(33)32-16-14-22(15-17-32)18-21-9-3-2-4-10-21/h2-13,19,22H,14-18H2,1H3. The monoisotopic (exact) mass is 454 g/mol. The van der Waals surface area contributed by atoms with E-state index in [9.17, 15) is 4.79 Å². The second-order valence-electron chi connectivity index (χ2n) is 8.93. The highest BCUT2D eigenvalue weighted by molar-refractivity contribution is 6.35. The van der Waals surface area contributed by atoms with Crippen molar-refractivity contribution in [2.45, 2.75) is 26.2 Å². The minimum atomic E-state index is 0.0673. The van der Waals surface area contributed by atoms with Crippen LogP contribution in [0.5, 0.6) is 0 Å². The molecule has 0 saturated carbocycles. The Bertz CT molecular complexity index is 1290. The maximum Gasteiger partial charge on any atom is 0.254 e. The fourth-order valence-electron chi connectivity index (χ4n) is 4.85. The minimum Gasteiger partial charge on any atom is -0.339 e. The number of hydrogen-bond donors (Lipinski definition) is 0. The number of carbonyl (C=O) groups excluding carboxylic acids is 1. The number of aryl methyl sites for hydroxylation is 1. The molecule has 0 atom stereocenters. The number of para-hydroxylation sites is 1. The molecule has 1 saturated heterocycles. The van der Waals surface area contributed by atoms with Crippen LogP contribution in [0.15, 0.2) is 78.9 Å². The molecule has 4 aromatic rings. The van der Waals surface area contributed by atoms with E-state index in [1.54, 1.807) is 0 Å². The van der Waals surface area contributed by atoms with E-state index in [-0.39, 0.29) is 5.91 Å². The molecule has 33 heavy (non-hydrogen) atoms. The lowest BCUT2D eigenvalue weighted by atomic mass is 9.90. The summed E-state index contributed by atoms with van der Waals surface area (Å²) >= 11 is 6.53. The Morgan fingerprint density at radius 3 is 2.45 bits per heavy atom. The summed E-state index contributed by atoms with van der Waals surface area (Å²) in [4.78, 5) is 20.6. The topological polar surface area (TPSA) is 33.2 Å². The average Bonchev–Trinajstić information content (AvgIpc) is 2.85. The van der Waals surface area contributed by atoms with Gasteiger partial charge in [-0.05, 0) is 55.4 Å². The van der Waals surface area contributed by atoms with Crippen molar-refractivity contribution in [1.29, 1.82) is 0 Å². The van der Waals surface area contributed by atoms with E-state index in [2.05, 4.69) is 43.3 Å². The summed E-state index contributed by atoms with van der Waals surface area (Å²) < 4.78 is 0. The molecule has 1 aliphatic heterocycles. The first kappa shape index (κ1) is 21.7. The smallest absolute Gasteiger partial charge is 0.254 e. The highest BCUT2D eigenvalue weighted by Crippen LogP contribution is 2.32. The number of hydrogen-bond acceptors (Lipinski definition) is 2. The van der Waals surface area contributed by atoms with Crippen molar-refractivity contribution in [1.82, 2.24) is 9.88 Å². The minimum absolute atomic E-state index is 0.0673. The molecule has 5 rings (SSSR count). The lowest BCUT2D eigenvalue weighted by Gasteiger charge is -2.32. The van der Waals surface area contributed by atoms with Crippen molar-refractivity contribution < 1.29 is 4.79 Å². The predicted molar refractivity (Wildman–Crippen MR) is 136 cm³/mol. The van der Waals surface area contributed by atoms with Crippen LogP contribution in [0.25, 0.3) is 22.2 Å². The maximum atomic E-state index is 13.7. The zero-order chi connectivity index (χ0) is 22.8. The number of carbonyl (C=O) groups is 1. The van der Waals surface area contributed by atoms with Crippen molar-refractivity contribution in [3.8, 4) is 11.3 Å². The first-order valence-electron chi connectivity index (χ1n) is 11.6. The SMILES string of the molecule is Cc1ccccc1-c1cc(C(=O)N2CCC(Cc3ccccc3)CC2)c2cccc(Cl)c2n1. The molecular formula is C29H27ClN2O. The predicted octanol–water partition coefficient (Wildman–Crippen LogP) is 6.96. The van der Waals surface area contributed by atoms with Gasteiger partial charge in [0.2, 0.25) is 0 Å². The Labute approximate surface area is 200 Å². The fourth-order valence-corrected chi connectivity index (χ4v) is 5.06. The van der Waals surface area contributed by atoms with E-state index in [0.717, 1.165) is 54.6 Å². The Hall–Kier alpha value is -3.17. The Morgan fingerprint density at radius 1 is 0.970 bits per heavy atom. The molecule has 0 aliphatic carbocycles. The molecule has 4 heteroatoms. The number of piperidine rings is 1. The second kappa shape index (κ2) is 9.36. The third-order valence-corrected chi connectivity index (χ3v) is 7.02. The van der Waals surface area contributed by atoms with Gasteiger partial charge in [-0.15, -0.1) is 0 Å². The summed E-state index contributed by atoms with van der Waals surface area (Å²) in [5, 5.41) is 1.38. The van der Waals surface area contributed by atoms with Crippen LogP contribution in [0.3, 0.4) is 0 Å². The lowest BCUT2D eigenvalue weighted by Crippen LogP contribution is -2.39. The second-order valence-corrected chi connectivity index (χ2v) is 9.34. The zero-order valence-electron chi connectivity index (χ0n) is 18.8. The number of rotatable bonds is 4. The average molecular weight is 455 g/mol. The first-order valence-corrected chi connectivity index (χ1v) is 12.0. The quantitative estimate of drug-likeness (QED) is 0.334. The number of benzene rings is 3. The van der Waals surface area contributed by atoms with E-state index in [1.165, 1.54) is 5.56 Å². The third-order valence-electron chi connectivity index (χ3n) is 6.71. The molecule has 1 fully saturated rings. The van der Waals surface area contributed by atoms with Gasteiger partial charge in [-0.25, -0.2) is 4.98 Å². The van der Waals surface area contributed by atoms with Gasteiger partial charge in [0.1, 0.15) is 0 Å². The summed E-state index contributed by atoms with van der Waals surface area (Å²) in [6.45, 7) is 3.62. The molecule has 0 radical (unpaired) electrons. The van der Waals surface area contributed by atoms with E-state index >= 15 is 0 Å². The number of nitrogens with zero attached hydrogens (tertiary/aromatic N) is 2. The van der Waals surface area contributed by atoms with Gasteiger partial charge >= 0.3 is 0 Å². The Kier molecular flexibility index (Phi) is 6.15. The Balaban J connectivity index is 1.44. The molecule has 0 N–H and O–H groups in total. The van der Waals surface area contributed by atoms with Crippen LogP contribution >= 0.6 is 11.6 Å². The van der Waals surface area contributed by atoms with Crippen molar-refractivity contribution >= 4 is 28.4 Å². The van der Waals surface area contributed by atoms with E-state index in [1.807, 2.05) is 47.4 Å². The summed E-state index contributed by atoms with van der Waals surface area (Å²) in [7, 11) is 0. The van der Waals surface area contributed by atoms with Crippen LogP contribution in [-0.2, 0) is 6.42 Å². The van der Waals surface area contributed by atoms with Crippen molar-refractivity contribution in [3.63, 3.8) is 0 Å². The van der Waals surface area contributed by atoms with Crippen LogP contribution in [0.2, 0.25) is 5.02 Å². The van der Waals surface area contributed by atoms with Crippen molar-refractivity contribution in [2.24, 2.45) is 5.92 Å². The zero-order valence-corrected chi connectivity index (χ0v) is 19.6. The molecule has 1 aromatic heterocycles. The number of pyridine rings is 1. The summed E-state index contributed by atoms with van der Waals surface area (Å²) in [5.74, 6) is 0.681. The molecule has 0 bridgehead atoms. The van der Waals surface area contributed by atoms with E-state index in [4.69, 9.17) is 16.6 Å². The summed E-state index contributed by atoms with van der Waals surface area (Å²) in [5.41, 5.74) is 5.67. The van der Waals surface area contributed by atoms with E-state index < -0.39 is 0 Å². The lowest BCUT2D eigenvalue weighted by molar-refractivity contribution is 0.0692. The van der Waals surface area contributed by atoms with Crippen LogP contribution < -0.4 is 0 Å². The van der Waals surface area contributed by atoms with Gasteiger partial charge in [-0.1, -0.05) is 78.3 Å². The van der Waals surface area contributed by atoms with Gasteiger partial charge in [0, 0.05) is 24.0 Å². The molecule has 3 aromatic carbocycles. The van der Waals surface area contributed by atoms with Gasteiger partial charge in [-0.3, -0.25) is 4.79 Å². The van der Waals surface area contributed by atoms with E-state index in [0.29, 0.717) is 22.0 Å². The van der Waals surface area contributed by atoms with Gasteiger partial charge < -0.3 is 4.90 Å². The van der Waals surface area contributed by atoms with Gasteiger partial charge in [0.05, 0.1) is 21.8 Å². The first-order chi connectivity index (χ1) is 16.1. The van der Waals surface area contributed by atoms with Crippen LogP contribution in [-0.4, -0.2) is 28.9 Å². The molecule has 0 unspecified atom stereocenters. The molecule has 0 spiro atoms. The largest absolute Gasteiger partial charge is 0.339 e. The number of likely N-dealkylation sites (tertiary alicyclic amines) is 1. The highest BCUT2D eigenvalue weighted by atomic mass is 35.5. The molecular weight excluding hydrogens is 428 g/mol. The van der Waals surface area contributed by atoms with Crippen LogP contribution in [0.1, 0.15) is 34.3 Å². The van der Waals surface area contributed by atoms with Gasteiger partial charge in [0.15, 0.2) is 0 Å². The van der Waals surface area contributed by atoms with Crippen LogP contribution in [0.4, 0.5) is 0 Å². The fraction of sp³-hybridized carbons (Fsp3) is 0.241. The van der Waals surface area contributed by atoms with Crippen molar-refractivity contribution in [2.75, 3.05) is 13.1 Å². The molecule has 3 nitrogen and oxygen atoms in total. The molecule has 1 amide bonds. The number of aromatic nitrogens is 1. The summed E-state index contributed by atoms with van der Waals surface area (Å²) in [6.07, 6.45) is 3.12. The number of halogens is 1.